The van der Waals surface area contributed by atoms with Gasteiger partial charge in [-0.3, -0.25) is 4.90 Å². The number of nitrogens with one attached hydrogen (secondary N) is 1. The van der Waals surface area contributed by atoms with Gasteiger partial charge in [-0.05, 0) is 59.5 Å². The number of piperidine rings is 1. The highest BCUT2D eigenvalue weighted by atomic mass is 15.3. The molecule has 2 saturated heterocycles. The van der Waals surface area contributed by atoms with E-state index in [2.05, 4.69) is 29.2 Å². The molecule has 82 valence electrons. The van der Waals surface area contributed by atoms with Crippen LogP contribution in [0.1, 0.15) is 19.3 Å². The lowest BCUT2D eigenvalue weighted by molar-refractivity contribution is 0.0722. The Morgan fingerprint density at radius 3 is 2.50 bits per heavy atom. The second kappa shape index (κ2) is 4.17. The SMILES string of the molecule is CN1CCCN(C)C2(CCNCC2)C1. The van der Waals surface area contributed by atoms with Crippen LogP contribution in [-0.4, -0.2) is 62.2 Å². The van der Waals surface area contributed by atoms with Crippen molar-refractivity contribution in [3.8, 4) is 0 Å². The number of likely N-dealkylation sites (N-methyl/N-ethyl adjacent to an activating group) is 2. The molecule has 0 saturated carbocycles. The van der Waals surface area contributed by atoms with Gasteiger partial charge in [0.15, 0.2) is 0 Å². The van der Waals surface area contributed by atoms with E-state index in [0.717, 1.165) is 0 Å². The molecule has 2 fully saturated rings. The van der Waals surface area contributed by atoms with Gasteiger partial charge in [0, 0.05) is 12.1 Å². The van der Waals surface area contributed by atoms with E-state index in [4.69, 9.17) is 0 Å². The van der Waals surface area contributed by atoms with Crippen molar-refractivity contribution in [3.63, 3.8) is 0 Å². The molecule has 2 aliphatic rings. The molecule has 2 rings (SSSR count). The zero-order valence-corrected chi connectivity index (χ0v) is 9.55. The maximum atomic E-state index is 3.47. The van der Waals surface area contributed by atoms with E-state index in [1.54, 1.807) is 0 Å². The van der Waals surface area contributed by atoms with Crippen LogP contribution in [0.3, 0.4) is 0 Å². The number of rotatable bonds is 0. The minimum absolute atomic E-state index is 0.469. The summed E-state index contributed by atoms with van der Waals surface area (Å²) in [6.07, 6.45) is 3.95. The quantitative estimate of drug-likeness (QED) is 0.605. The van der Waals surface area contributed by atoms with Crippen molar-refractivity contribution in [3.05, 3.63) is 0 Å². The minimum atomic E-state index is 0.469. The smallest absolute Gasteiger partial charge is 0.0357 e. The predicted molar refractivity (Wildman–Crippen MR) is 59.6 cm³/mol. The maximum Gasteiger partial charge on any atom is 0.0357 e. The van der Waals surface area contributed by atoms with E-state index in [1.807, 2.05) is 0 Å². The Hall–Kier alpha value is -0.120. The zero-order valence-electron chi connectivity index (χ0n) is 9.55. The standard InChI is InChI=1S/C11H23N3/c1-13-8-3-9-14(2)11(10-13)4-6-12-7-5-11/h12H,3-10H2,1-2H3. The molecular formula is C11H23N3. The van der Waals surface area contributed by atoms with Gasteiger partial charge in [-0.2, -0.15) is 0 Å². The van der Waals surface area contributed by atoms with Crippen molar-refractivity contribution < 1.29 is 0 Å². The Labute approximate surface area is 87.4 Å². The maximum absolute atomic E-state index is 3.47. The lowest BCUT2D eigenvalue weighted by Gasteiger charge is -2.45. The van der Waals surface area contributed by atoms with Crippen molar-refractivity contribution in [2.75, 3.05) is 46.8 Å². The molecule has 0 aliphatic carbocycles. The molecule has 2 aliphatic heterocycles. The highest BCUT2D eigenvalue weighted by Gasteiger charge is 2.37. The number of hydrogen-bond donors (Lipinski definition) is 1. The van der Waals surface area contributed by atoms with Crippen LogP contribution in [0, 0.1) is 0 Å². The Morgan fingerprint density at radius 1 is 1.07 bits per heavy atom. The molecule has 1 spiro atoms. The van der Waals surface area contributed by atoms with Gasteiger partial charge in [0.1, 0.15) is 0 Å². The van der Waals surface area contributed by atoms with Gasteiger partial charge in [0.2, 0.25) is 0 Å². The summed E-state index contributed by atoms with van der Waals surface area (Å²) in [6, 6.07) is 0. The zero-order chi connectivity index (χ0) is 10.0. The molecule has 0 aromatic carbocycles. The number of hydrogen-bond acceptors (Lipinski definition) is 3. The molecule has 0 amide bonds. The Bertz CT molecular complexity index is 187. The van der Waals surface area contributed by atoms with Gasteiger partial charge >= 0.3 is 0 Å². The van der Waals surface area contributed by atoms with Crippen LogP contribution in [-0.2, 0) is 0 Å². The molecule has 0 aromatic rings. The van der Waals surface area contributed by atoms with E-state index in [9.17, 15) is 0 Å². The second-order valence-electron chi connectivity index (χ2n) is 4.99. The van der Waals surface area contributed by atoms with Crippen LogP contribution in [0.2, 0.25) is 0 Å². The van der Waals surface area contributed by atoms with Crippen LogP contribution in [0.15, 0.2) is 0 Å². The Balaban J connectivity index is 2.10. The Kier molecular flexibility index (Phi) is 3.10. The molecule has 3 heteroatoms. The third kappa shape index (κ3) is 1.95. The van der Waals surface area contributed by atoms with Crippen LogP contribution in [0.25, 0.3) is 0 Å². The molecule has 1 N–H and O–H groups in total. The molecular weight excluding hydrogens is 174 g/mol. The van der Waals surface area contributed by atoms with Gasteiger partial charge < -0.3 is 10.2 Å². The lowest BCUT2D eigenvalue weighted by atomic mass is 9.86. The van der Waals surface area contributed by atoms with E-state index in [-0.39, 0.29) is 0 Å². The summed E-state index contributed by atoms with van der Waals surface area (Å²) in [7, 11) is 4.58. The first-order valence-electron chi connectivity index (χ1n) is 5.83. The topological polar surface area (TPSA) is 18.5 Å². The van der Waals surface area contributed by atoms with Gasteiger partial charge in [-0.1, -0.05) is 0 Å². The van der Waals surface area contributed by atoms with Crippen molar-refractivity contribution in [1.82, 2.24) is 15.1 Å². The fourth-order valence-corrected chi connectivity index (χ4v) is 2.95. The third-order valence-corrected chi connectivity index (χ3v) is 3.94. The van der Waals surface area contributed by atoms with Gasteiger partial charge in [0.05, 0.1) is 0 Å². The summed E-state index contributed by atoms with van der Waals surface area (Å²) in [5, 5.41) is 3.47. The van der Waals surface area contributed by atoms with Crippen molar-refractivity contribution in [2.45, 2.75) is 24.8 Å². The van der Waals surface area contributed by atoms with E-state index >= 15 is 0 Å². The summed E-state index contributed by atoms with van der Waals surface area (Å²) >= 11 is 0. The van der Waals surface area contributed by atoms with Crippen molar-refractivity contribution in [2.24, 2.45) is 0 Å². The second-order valence-corrected chi connectivity index (χ2v) is 4.99. The lowest BCUT2D eigenvalue weighted by Crippen LogP contribution is -2.57. The first kappa shape index (κ1) is 10.4. The largest absolute Gasteiger partial charge is 0.317 e. The Morgan fingerprint density at radius 2 is 1.79 bits per heavy atom. The predicted octanol–water partition coefficient (Wildman–Crippen LogP) is 0.376. The fourth-order valence-electron chi connectivity index (χ4n) is 2.95. The molecule has 0 radical (unpaired) electrons. The molecule has 0 atom stereocenters. The highest BCUT2D eigenvalue weighted by Crippen LogP contribution is 2.28. The normalized spacial score (nSPS) is 30.4. The van der Waals surface area contributed by atoms with E-state index in [1.165, 1.54) is 52.0 Å². The minimum Gasteiger partial charge on any atom is -0.317 e. The van der Waals surface area contributed by atoms with Crippen LogP contribution < -0.4 is 5.32 Å². The molecule has 0 bridgehead atoms. The van der Waals surface area contributed by atoms with Crippen molar-refractivity contribution >= 4 is 0 Å². The van der Waals surface area contributed by atoms with Crippen LogP contribution in [0.5, 0.6) is 0 Å². The highest BCUT2D eigenvalue weighted by molar-refractivity contribution is 4.96. The van der Waals surface area contributed by atoms with E-state index in [0.29, 0.717) is 5.54 Å². The summed E-state index contributed by atoms with van der Waals surface area (Å²) in [5.74, 6) is 0. The van der Waals surface area contributed by atoms with Gasteiger partial charge in [-0.15, -0.1) is 0 Å². The summed E-state index contributed by atoms with van der Waals surface area (Å²) in [4.78, 5) is 5.12. The molecule has 3 nitrogen and oxygen atoms in total. The fraction of sp³-hybridized carbons (Fsp3) is 1.00. The summed E-state index contributed by atoms with van der Waals surface area (Å²) in [5.41, 5.74) is 0.469. The van der Waals surface area contributed by atoms with E-state index < -0.39 is 0 Å². The third-order valence-electron chi connectivity index (χ3n) is 3.94. The average molecular weight is 197 g/mol. The average Bonchev–Trinajstić information content (AvgIpc) is 2.29. The monoisotopic (exact) mass is 197 g/mol. The van der Waals surface area contributed by atoms with Gasteiger partial charge in [0.25, 0.3) is 0 Å². The molecule has 0 aromatic heterocycles. The van der Waals surface area contributed by atoms with Crippen LogP contribution in [0.4, 0.5) is 0 Å². The van der Waals surface area contributed by atoms with Crippen molar-refractivity contribution in [1.29, 1.82) is 0 Å². The molecule has 14 heavy (non-hydrogen) atoms. The molecule has 2 heterocycles. The molecule has 0 unspecified atom stereocenters. The first-order chi connectivity index (χ1) is 6.73. The number of nitrogens with zero attached hydrogens (tertiary/aromatic N) is 2. The first-order valence-corrected chi connectivity index (χ1v) is 5.83. The summed E-state index contributed by atoms with van der Waals surface area (Å²) in [6.45, 7) is 6.17. The summed E-state index contributed by atoms with van der Waals surface area (Å²) < 4.78 is 0. The van der Waals surface area contributed by atoms with Crippen LogP contribution >= 0.6 is 0 Å². The van der Waals surface area contributed by atoms with Gasteiger partial charge in [-0.25, -0.2) is 0 Å².